The lowest BCUT2D eigenvalue weighted by Crippen LogP contribution is -2.52. The molecule has 0 spiro atoms. The summed E-state index contributed by atoms with van der Waals surface area (Å²) >= 11 is 6.01. The van der Waals surface area contributed by atoms with Crippen LogP contribution in [0.25, 0.3) is 0 Å². The molecule has 1 fully saturated rings. The van der Waals surface area contributed by atoms with Crippen LogP contribution in [0.5, 0.6) is 0 Å². The highest BCUT2D eigenvalue weighted by atomic mass is 35.5. The van der Waals surface area contributed by atoms with Gasteiger partial charge in [-0.2, -0.15) is 0 Å². The van der Waals surface area contributed by atoms with Crippen LogP contribution in [-0.2, 0) is 4.79 Å². The summed E-state index contributed by atoms with van der Waals surface area (Å²) < 4.78 is 14.1. The third-order valence-corrected chi connectivity index (χ3v) is 4.32. The molecule has 0 aromatic heterocycles. The Morgan fingerprint density at radius 1 is 1.29 bits per heavy atom. The van der Waals surface area contributed by atoms with Gasteiger partial charge in [0.15, 0.2) is 0 Å². The number of nitrogens with one attached hydrogen (secondary N) is 1. The van der Waals surface area contributed by atoms with Crippen molar-refractivity contribution in [3.05, 3.63) is 70.0 Å². The molecule has 2 aromatic rings. The molecule has 1 unspecified atom stereocenters. The van der Waals surface area contributed by atoms with Crippen LogP contribution in [0.4, 0.5) is 4.39 Å². The van der Waals surface area contributed by atoms with Gasteiger partial charge < -0.3 is 10.2 Å². The van der Waals surface area contributed by atoms with Gasteiger partial charge >= 0.3 is 0 Å². The summed E-state index contributed by atoms with van der Waals surface area (Å²) in [4.78, 5) is 26.6. The highest BCUT2D eigenvalue weighted by molar-refractivity contribution is 6.33. The summed E-state index contributed by atoms with van der Waals surface area (Å²) in [6, 6.07) is 10.6. The zero-order valence-corrected chi connectivity index (χ0v) is 13.8. The zero-order chi connectivity index (χ0) is 17.3. The predicted octanol–water partition coefficient (Wildman–Crippen LogP) is 3.10. The van der Waals surface area contributed by atoms with Crippen LogP contribution in [0.15, 0.2) is 42.5 Å². The number of benzene rings is 2. The van der Waals surface area contributed by atoms with Gasteiger partial charge in [0.25, 0.3) is 5.91 Å². The Hall–Kier alpha value is -2.40. The number of aryl methyl sites for hydroxylation is 1. The van der Waals surface area contributed by atoms with E-state index in [1.165, 1.54) is 23.1 Å². The number of amides is 2. The van der Waals surface area contributed by atoms with Crippen molar-refractivity contribution in [3.63, 3.8) is 0 Å². The minimum Gasteiger partial charge on any atom is -0.352 e. The normalized spacial score (nSPS) is 17.5. The largest absolute Gasteiger partial charge is 0.352 e. The molecule has 0 bridgehead atoms. The van der Waals surface area contributed by atoms with E-state index in [0.29, 0.717) is 12.1 Å². The van der Waals surface area contributed by atoms with Gasteiger partial charge in [-0.3, -0.25) is 9.59 Å². The molecular formula is C18H16ClFN2O2. The molecule has 1 aliphatic rings. The molecule has 3 rings (SSSR count). The Labute approximate surface area is 144 Å². The number of rotatable bonds is 2. The molecule has 124 valence electrons. The SMILES string of the molecule is Cc1cccc(C2C(=O)NCCN2C(=O)c2c(F)cccc2Cl)c1. The first-order valence-electron chi connectivity index (χ1n) is 7.58. The van der Waals surface area contributed by atoms with Gasteiger partial charge in [-0.05, 0) is 24.6 Å². The molecule has 0 saturated carbocycles. The van der Waals surface area contributed by atoms with Crippen molar-refractivity contribution in [1.29, 1.82) is 0 Å². The average molecular weight is 347 g/mol. The van der Waals surface area contributed by atoms with E-state index in [1.807, 2.05) is 25.1 Å². The number of piperazine rings is 1. The topological polar surface area (TPSA) is 49.4 Å². The van der Waals surface area contributed by atoms with Crippen LogP contribution < -0.4 is 5.32 Å². The summed E-state index contributed by atoms with van der Waals surface area (Å²) in [6.07, 6.45) is 0. The smallest absolute Gasteiger partial charge is 0.259 e. The van der Waals surface area contributed by atoms with Crippen LogP contribution in [0.1, 0.15) is 27.5 Å². The van der Waals surface area contributed by atoms with Crippen molar-refractivity contribution in [2.45, 2.75) is 13.0 Å². The quantitative estimate of drug-likeness (QED) is 0.908. The van der Waals surface area contributed by atoms with Gasteiger partial charge in [0.2, 0.25) is 5.91 Å². The molecule has 6 heteroatoms. The van der Waals surface area contributed by atoms with Crippen molar-refractivity contribution < 1.29 is 14.0 Å². The van der Waals surface area contributed by atoms with E-state index in [4.69, 9.17) is 11.6 Å². The van der Waals surface area contributed by atoms with E-state index in [2.05, 4.69) is 5.32 Å². The van der Waals surface area contributed by atoms with Crippen LogP contribution in [0.2, 0.25) is 5.02 Å². The number of nitrogens with zero attached hydrogens (tertiary/aromatic N) is 1. The number of carbonyl (C=O) groups is 2. The minimum absolute atomic E-state index is 0.0361. The number of carbonyl (C=O) groups excluding carboxylic acids is 2. The van der Waals surface area contributed by atoms with Crippen molar-refractivity contribution in [3.8, 4) is 0 Å². The maximum absolute atomic E-state index is 14.1. The fourth-order valence-corrected chi connectivity index (χ4v) is 3.15. The minimum atomic E-state index is -0.804. The lowest BCUT2D eigenvalue weighted by atomic mass is 9.99. The third kappa shape index (κ3) is 2.99. The maximum atomic E-state index is 14.1. The van der Waals surface area contributed by atoms with Gasteiger partial charge in [-0.25, -0.2) is 4.39 Å². The van der Waals surface area contributed by atoms with Gasteiger partial charge in [-0.15, -0.1) is 0 Å². The van der Waals surface area contributed by atoms with Crippen LogP contribution in [0, 0.1) is 12.7 Å². The Bertz CT molecular complexity index is 789. The first-order valence-corrected chi connectivity index (χ1v) is 7.96. The average Bonchev–Trinajstić information content (AvgIpc) is 2.54. The lowest BCUT2D eigenvalue weighted by molar-refractivity contribution is -0.128. The van der Waals surface area contributed by atoms with Crippen molar-refractivity contribution in [2.75, 3.05) is 13.1 Å². The second kappa shape index (κ2) is 6.61. The molecule has 1 aliphatic heterocycles. The highest BCUT2D eigenvalue weighted by Crippen LogP contribution is 2.29. The third-order valence-electron chi connectivity index (χ3n) is 4.01. The molecule has 2 amide bonds. The van der Waals surface area contributed by atoms with Crippen LogP contribution in [-0.4, -0.2) is 29.8 Å². The van der Waals surface area contributed by atoms with E-state index < -0.39 is 17.8 Å². The van der Waals surface area contributed by atoms with Crippen molar-refractivity contribution >= 4 is 23.4 Å². The van der Waals surface area contributed by atoms with Gasteiger partial charge in [-0.1, -0.05) is 47.5 Å². The Morgan fingerprint density at radius 2 is 2.04 bits per heavy atom. The molecule has 1 heterocycles. The van der Waals surface area contributed by atoms with Gasteiger partial charge in [0.1, 0.15) is 11.9 Å². The molecular weight excluding hydrogens is 331 g/mol. The molecule has 1 N–H and O–H groups in total. The summed E-state index contributed by atoms with van der Waals surface area (Å²) in [5.41, 5.74) is 1.46. The number of halogens is 2. The Kier molecular flexibility index (Phi) is 4.53. The molecule has 1 atom stereocenters. The Morgan fingerprint density at radius 3 is 2.75 bits per heavy atom. The van der Waals surface area contributed by atoms with Crippen LogP contribution >= 0.6 is 11.6 Å². The lowest BCUT2D eigenvalue weighted by Gasteiger charge is -2.35. The van der Waals surface area contributed by atoms with E-state index >= 15 is 0 Å². The Balaban J connectivity index is 2.03. The second-order valence-electron chi connectivity index (χ2n) is 5.70. The fraction of sp³-hybridized carbons (Fsp3) is 0.222. The maximum Gasteiger partial charge on any atom is 0.259 e. The summed E-state index contributed by atoms with van der Waals surface area (Å²) in [5, 5.41) is 2.79. The number of hydrogen-bond donors (Lipinski definition) is 1. The predicted molar refractivity (Wildman–Crippen MR) is 89.4 cm³/mol. The molecule has 0 aliphatic carbocycles. The monoisotopic (exact) mass is 346 g/mol. The molecule has 0 radical (unpaired) electrons. The molecule has 4 nitrogen and oxygen atoms in total. The second-order valence-corrected chi connectivity index (χ2v) is 6.11. The zero-order valence-electron chi connectivity index (χ0n) is 13.1. The van der Waals surface area contributed by atoms with E-state index in [9.17, 15) is 14.0 Å². The molecule has 24 heavy (non-hydrogen) atoms. The fourth-order valence-electron chi connectivity index (χ4n) is 2.90. The molecule has 2 aromatic carbocycles. The van der Waals surface area contributed by atoms with Crippen molar-refractivity contribution in [2.24, 2.45) is 0 Å². The summed E-state index contributed by atoms with van der Waals surface area (Å²) in [5.74, 6) is -1.56. The van der Waals surface area contributed by atoms with Gasteiger partial charge in [0.05, 0.1) is 10.6 Å². The van der Waals surface area contributed by atoms with E-state index in [-0.39, 0.29) is 23.0 Å². The highest BCUT2D eigenvalue weighted by Gasteiger charge is 2.36. The summed E-state index contributed by atoms with van der Waals surface area (Å²) in [6.45, 7) is 2.51. The first-order chi connectivity index (χ1) is 11.5. The first kappa shape index (κ1) is 16.5. The molecule has 1 saturated heterocycles. The number of hydrogen-bond acceptors (Lipinski definition) is 2. The van der Waals surface area contributed by atoms with Gasteiger partial charge in [0, 0.05) is 13.1 Å². The summed E-state index contributed by atoms with van der Waals surface area (Å²) in [7, 11) is 0. The standard InChI is InChI=1S/C18H16ClFN2O2/c1-11-4-2-5-12(10-11)16-17(23)21-8-9-22(16)18(24)15-13(19)6-3-7-14(15)20/h2-7,10,16H,8-9H2,1H3,(H,21,23). The van der Waals surface area contributed by atoms with Crippen LogP contribution in [0.3, 0.4) is 0 Å². The van der Waals surface area contributed by atoms with Crippen molar-refractivity contribution in [1.82, 2.24) is 10.2 Å². The van der Waals surface area contributed by atoms with E-state index in [1.54, 1.807) is 6.07 Å². The van der Waals surface area contributed by atoms with E-state index in [0.717, 1.165) is 5.56 Å².